The maximum atomic E-state index is 12.3. The SMILES string of the molecule is COc1c(C)cc(/C(C)=N\OCc2c(C)cccc2-n2nnn(C)c2=O)c2c1CCC2. The van der Waals surface area contributed by atoms with E-state index in [0.717, 1.165) is 53.0 Å². The number of aryl methyl sites for hydroxylation is 3. The zero-order valence-corrected chi connectivity index (χ0v) is 18.6. The maximum absolute atomic E-state index is 12.3. The molecule has 0 N–H and O–H groups in total. The molecule has 0 fully saturated rings. The third-order valence-electron chi connectivity index (χ3n) is 5.88. The third-order valence-corrected chi connectivity index (χ3v) is 5.88. The van der Waals surface area contributed by atoms with Crippen molar-refractivity contribution in [2.75, 3.05) is 7.11 Å². The summed E-state index contributed by atoms with van der Waals surface area (Å²) in [4.78, 5) is 18.1. The largest absolute Gasteiger partial charge is 0.496 e. The Morgan fingerprint density at radius 2 is 1.94 bits per heavy atom. The van der Waals surface area contributed by atoms with Gasteiger partial charge in [0.05, 0.1) is 18.5 Å². The molecular formula is C23H27N5O3. The van der Waals surface area contributed by atoms with E-state index in [2.05, 4.69) is 28.6 Å². The van der Waals surface area contributed by atoms with Crippen molar-refractivity contribution in [2.24, 2.45) is 12.2 Å². The molecule has 0 bridgehead atoms. The zero-order valence-electron chi connectivity index (χ0n) is 18.6. The highest BCUT2D eigenvalue weighted by atomic mass is 16.6. The van der Waals surface area contributed by atoms with Gasteiger partial charge in [0.15, 0.2) is 0 Å². The van der Waals surface area contributed by atoms with Crippen LogP contribution in [0.25, 0.3) is 5.69 Å². The van der Waals surface area contributed by atoms with Crippen molar-refractivity contribution < 1.29 is 9.57 Å². The van der Waals surface area contributed by atoms with Gasteiger partial charge in [-0.1, -0.05) is 17.3 Å². The average Bonchev–Trinajstić information content (AvgIpc) is 3.36. The number of ether oxygens (including phenoxy) is 1. The van der Waals surface area contributed by atoms with Crippen molar-refractivity contribution in [3.05, 3.63) is 68.1 Å². The van der Waals surface area contributed by atoms with Crippen LogP contribution in [0.1, 0.15) is 46.7 Å². The summed E-state index contributed by atoms with van der Waals surface area (Å²) in [7, 11) is 3.30. The fourth-order valence-electron chi connectivity index (χ4n) is 4.29. The second-order valence-electron chi connectivity index (χ2n) is 7.90. The van der Waals surface area contributed by atoms with Gasteiger partial charge in [0.2, 0.25) is 0 Å². The monoisotopic (exact) mass is 421 g/mol. The number of rotatable bonds is 6. The summed E-state index contributed by atoms with van der Waals surface area (Å²) in [5.74, 6) is 0.990. The molecule has 8 heteroatoms. The van der Waals surface area contributed by atoms with Gasteiger partial charge in [-0.15, -0.1) is 0 Å². The van der Waals surface area contributed by atoms with Crippen molar-refractivity contribution in [1.29, 1.82) is 0 Å². The van der Waals surface area contributed by atoms with Crippen LogP contribution < -0.4 is 10.4 Å². The molecule has 1 aromatic heterocycles. The van der Waals surface area contributed by atoms with Crippen LogP contribution in [0, 0.1) is 13.8 Å². The Hall–Kier alpha value is -3.42. The predicted molar refractivity (Wildman–Crippen MR) is 118 cm³/mol. The Labute approximate surface area is 181 Å². The summed E-state index contributed by atoms with van der Waals surface area (Å²) >= 11 is 0. The number of oxime groups is 1. The Morgan fingerprint density at radius 3 is 2.65 bits per heavy atom. The van der Waals surface area contributed by atoms with Gasteiger partial charge in [-0.3, -0.25) is 0 Å². The average molecular weight is 422 g/mol. The summed E-state index contributed by atoms with van der Waals surface area (Å²) in [6.45, 7) is 6.22. The summed E-state index contributed by atoms with van der Waals surface area (Å²) < 4.78 is 8.11. The lowest BCUT2D eigenvalue weighted by molar-refractivity contribution is 0.130. The second-order valence-corrected chi connectivity index (χ2v) is 7.90. The number of aromatic nitrogens is 4. The van der Waals surface area contributed by atoms with Crippen LogP contribution in [0.5, 0.6) is 5.75 Å². The van der Waals surface area contributed by atoms with E-state index in [0.29, 0.717) is 5.69 Å². The minimum atomic E-state index is -0.309. The predicted octanol–water partition coefficient (Wildman–Crippen LogP) is 3.02. The van der Waals surface area contributed by atoms with Gasteiger partial charge in [0.25, 0.3) is 0 Å². The molecule has 0 radical (unpaired) electrons. The third kappa shape index (κ3) is 3.73. The molecule has 0 aliphatic heterocycles. The highest BCUT2D eigenvalue weighted by Gasteiger charge is 2.22. The summed E-state index contributed by atoms with van der Waals surface area (Å²) in [6, 6.07) is 7.81. The van der Waals surface area contributed by atoms with E-state index in [4.69, 9.17) is 9.57 Å². The van der Waals surface area contributed by atoms with Crippen LogP contribution >= 0.6 is 0 Å². The maximum Gasteiger partial charge on any atom is 0.368 e. The quantitative estimate of drug-likeness (QED) is 0.451. The van der Waals surface area contributed by atoms with Crippen molar-refractivity contribution >= 4 is 5.71 Å². The standard InChI is InChI=1S/C23H27N5O3/c1-14-8-6-11-21(28-23(29)27(4)25-26-28)20(14)13-31-24-16(3)19-12-15(2)22(30-5)18-10-7-9-17(18)19/h6,8,11-12H,7,9-10,13H2,1-5H3/b24-16-. The molecule has 1 aliphatic rings. The summed E-state index contributed by atoms with van der Waals surface area (Å²) in [5.41, 5.74) is 7.81. The Kier molecular flexibility index (Phi) is 5.63. The van der Waals surface area contributed by atoms with Crippen LogP contribution in [-0.2, 0) is 31.3 Å². The van der Waals surface area contributed by atoms with E-state index in [9.17, 15) is 4.79 Å². The number of fused-ring (bicyclic) bond motifs is 1. The number of tetrazole rings is 1. The van der Waals surface area contributed by atoms with Gasteiger partial charge in [-0.2, -0.15) is 9.36 Å². The molecule has 0 saturated carbocycles. The van der Waals surface area contributed by atoms with Gasteiger partial charge in [0, 0.05) is 18.2 Å². The molecule has 0 saturated heterocycles. The lowest BCUT2D eigenvalue weighted by atomic mass is 9.96. The molecule has 8 nitrogen and oxygen atoms in total. The molecule has 162 valence electrons. The molecule has 0 unspecified atom stereocenters. The second kappa shape index (κ2) is 8.37. The normalized spacial score (nSPS) is 13.4. The number of methoxy groups -OCH3 is 1. The summed E-state index contributed by atoms with van der Waals surface area (Å²) in [5, 5.41) is 12.2. The van der Waals surface area contributed by atoms with Crippen molar-refractivity contribution in [1.82, 2.24) is 19.8 Å². The van der Waals surface area contributed by atoms with Gasteiger partial charge < -0.3 is 9.57 Å². The van der Waals surface area contributed by atoms with Crippen molar-refractivity contribution in [3.63, 3.8) is 0 Å². The van der Waals surface area contributed by atoms with Crippen LogP contribution in [-0.4, -0.2) is 32.6 Å². The Morgan fingerprint density at radius 1 is 1.16 bits per heavy atom. The smallest absolute Gasteiger partial charge is 0.368 e. The van der Waals surface area contributed by atoms with E-state index in [-0.39, 0.29) is 12.3 Å². The molecule has 2 aromatic carbocycles. The number of benzene rings is 2. The molecule has 3 aromatic rings. The van der Waals surface area contributed by atoms with E-state index in [1.807, 2.05) is 32.0 Å². The summed E-state index contributed by atoms with van der Waals surface area (Å²) in [6.07, 6.45) is 3.17. The minimum Gasteiger partial charge on any atom is -0.496 e. The molecule has 4 rings (SSSR count). The first-order valence-corrected chi connectivity index (χ1v) is 10.4. The first-order valence-electron chi connectivity index (χ1n) is 10.4. The molecule has 0 atom stereocenters. The number of nitrogens with zero attached hydrogens (tertiary/aromatic N) is 5. The number of hydrogen-bond acceptors (Lipinski definition) is 6. The lowest BCUT2D eigenvalue weighted by Gasteiger charge is -2.15. The van der Waals surface area contributed by atoms with E-state index >= 15 is 0 Å². The van der Waals surface area contributed by atoms with Gasteiger partial charge in [-0.25, -0.2) is 4.79 Å². The molecule has 31 heavy (non-hydrogen) atoms. The van der Waals surface area contributed by atoms with Gasteiger partial charge in [-0.05, 0) is 84.8 Å². The van der Waals surface area contributed by atoms with E-state index in [1.54, 1.807) is 14.2 Å². The highest BCUT2D eigenvalue weighted by molar-refractivity contribution is 6.00. The zero-order chi connectivity index (χ0) is 22.1. The molecule has 0 spiro atoms. The van der Waals surface area contributed by atoms with Crippen molar-refractivity contribution in [3.8, 4) is 11.4 Å². The molecule has 1 heterocycles. The van der Waals surface area contributed by atoms with E-state index in [1.165, 1.54) is 20.5 Å². The van der Waals surface area contributed by atoms with Crippen molar-refractivity contribution in [2.45, 2.75) is 46.6 Å². The van der Waals surface area contributed by atoms with Crippen LogP contribution in [0.2, 0.25) is 0 Å². The first-order chi connectivity index (χ1) is 14.9. The Balaban J connectivity index is 1.62. The van der Waals surface area contributed by atoms with Crippen LogP contribution in [0.15, 0.2) is 34.2 Å². The molecule has 0 amide bonds. The Bertz CT molecular complexity index is 1220. The molecule has 1 aliphatic carbocycles. The van der Waals surface area contributed by atoms with Gasteiger partial charge in [0.1, 0.15) is 12.4 Å². The first kappa shape index (κ1) is 20.8. The van der Waals surface area contributed by atoms with Gasteiger partial charge >= 0.3 is 5.69 Å². The highest BCUT2D eigenvalue weighted by Crippen LogP contribution is 2.36. The van der Waals surface area contributed by atoms with Crippen LogP contribution in [0.3, 0.4) is 0 Å². The lowest BCUT2D eigenvalue weighted by Crippen LogP contribution is -2.23. The van der Waals surface area contributed by atoms with Crippen LogP contribution in [0.4, 0.5) is 0 Å². The number of hydrogen-bond donors (Lipinski definition) is 0. The topological polar surface area (TPSA) is 83.5 Å². The fraction of sp³-hybridized carbons (Fsp3) is 0.391. The molecular weight excluding hydrogens is 394 g/mol. The van der Waals surface area contributed by atoms with E-state index < -0.39 is 0 Å². The fourth-order valence-corrected chi connectivity index (χ4v) is 4.29. The minimum absolute atomic E-state index is 0.222.